The number of aromatic hydroxyl groups is 1. The Balaban J connectivity index is 2.42. The van der Waals surface area contributed by atoms with Crippen molar-refractivity contribution in [3.8, 4) is 17.1 Å². The predicted molar refractivity (Wildman–Crippen MR) is 65.3 cm³/mol. The van der Waals surface area contributed by atoms with Crippen molar-refractivity contribution in [3.05, 3.63) is 30.3 Å². The maximum Gasteiger partial charge on any atom is 0.223 e. The topological polar surface area (TPSA) is 72.0 Å². The first-order valence-corrected chi connectivity index (χ1v) is 5.89. The number of benzene rings is 1. The molecule has 0 aliphatic carbocycles. The average Bonchev–Trinajstić information content (AvgIpc) is 2.28. The van der Waals surface area contributed by atoms with Crippen molar-refractivity contribution in [3.63, 3.8) is 0 Å². The number of rotatable bonds is 2. The molecule has 4 nitrogen and oxygen atoms in total. The van der Waals surface area contributed by atoms with Crippen LogP contribution in [0.15, 0.2) is 35.2 Å². The molecule has 1 heterocycles. The van der Waals surface area contributed by atoms with Crippen molar-refractivity contribution in [1.29, 1.82) is 0 Å². The van der Waals surface area contributed by atoms with Crippen molar-refractivity contribution in [2.24, 2.45) is 0 Å². The standard InChI is InChI=1S/C11H11N3OS/c1-16-8-4-2-7(3-5-8)9-6-10(15)14-11(12)13-9/h2-6H,1H3,(H3,12,13,14,15). The molecule has 0 atom stereocenters. The first kappa shape index (κ1) is 10.8. The highest BCUT2D eigenvalue weighted by atomic mass is 32.2. The molecule has 0 amide bonds. The largest absolute Gasteiger partial charge is 0.493 e. The normalized spacial score (nSPS) is 10.3. The molecule has 0 radical (unpaired) electrons. The molecule has 1 aromatic heterocycles. The molecule has 0 bridgehead atoms. The van der Waals surface area contributed by atoms with Crippen LogP contribution in [0.2, 0.25) is 0 Å². The van der Waals surface area contributed by atoms with E-state index in [2.05, 4.69) is 9.97 Å². The number of nitrogens with zero attached hydrogens (tertiary/aromatic N) is 2. The molecular formula is C11H11N3OS. The van der Waals surface area contributed by atoms with E-state index in [1.807, 2.05) is 30.5 Å². The van der Waals surface area contributed by atoms with Crippen LogP contribution < -0.4 is 5.73 Å². The molecule has 0 aliphatic heterocycles. The van der Waals surface area contributed by atoms with Gasteiger partial charge < -0.3 is 10.8 Å². The van der Waals surface area contributed by atoms with Gasteiger partial charge in [-0.3, -0.25) is 0 Å². The third-order valence-electron chi connectivity index (χ3n) is 2.12. The van der Waals surface area contributed by atoms with Gasteiger partial charge in [-0.05, 0) is 18.4 Å². The maximum absolute atomic E-state index is 9.32. The lowest BCUT2D eigenvalue weighted by atomic mass is 10.1. The lowest BCUT2D eigenvalue weighted by Crippen LogP contribution is -1.95. The van der Waals surface area contributed by atoms with E-state index in [0.29, 0.717) is 5.69 Å². The molecule has 0 saturated heterocycles. The van der Waals surface area contributed by atoms with Crippen LogP contribution in [0.3, 0.4) is 0 Å². The van der Waals surface area contributed by atoms with Gasteiger partial charge in [0.25, 0.3) is 0 Å². The molecule has 0 spiro atoms. The maximum atomic E-state index is 9.32. The number of hydrogen-bond donors (Lipinski definition) is 2. The summed E-state index contributed by atoms with van der Waals surface area (Å²) in [4.78, 5) is 8.85. The average molecular weight is 233 g/mol. The second kappa shape index (κ2) is 4.40. The van der Waals surface area contributed by atoms with Crippen molar-refractivity contribution >= 4 is 17.7 Å². The lowest BCUT2D eigenvalue weighted by Gasteiger charge is -2.03. The molecule has 0 fully saturated rings. The zero-order valence-corrected chi connectivity index (χ0v) is 9.53. The molecule has 2 aromatic rings. The van der Waals surface area contributed by atoms with Gasteiger partial charge in [-0.15, -0.1) is 11.8 Å². The fourth-order valence-electron chi connectivity index (χ4n) is 1.36. The minimum absolute atomic E-state index is 0.0731. The number of nitrogen functional groups attached to an aromatic ring is 1. The third kappa shape index (κ3) is 2.25. The van der Waals surface area contributed by atoms with Gasteiger partial charge in [-0.1, -0.05) is 12.1 Å². The van der Waals surface area contributed by atoms with Gasteiger partial charge in [-0.25, -0.2) is 4.98 Å². The second-order valence-corrected chi connectivity index (χ2v) is 4.08. The van der Waals surface area contributed by atoms with Crippen LogP contribution >= 0.6 is 11.8 Å². The first-order chi connectivity index (χ1) is 7.69. The van der Waals surface area contributed by atoms with Crippen LogP contribution in [0.25, 0.3) is 11.3 Å². The Morgan fingerprint density at radius 1 is 1.19 bits per heavy atom. The summed E-state index contributed by atoms with van der Waals surface area (Å²) in [6.07, 6.45) is 2.02. The summed E-state index contributed by atoms with van der Waals surface area (Å²) in [5.41, 5.74) is 6.99. The van der Waals surface area contributed by atoms with E-state index in [1.54, 1.807) is 11.8 Å². The predicted octanol–water partition coefficient (Wildman–Crippen LogP) is 2.15. The Labute approximate surface area is 97.5 Å². The highest BCUT2D eigenvalue weighted by Gasteiger charge is 2.03. The molecule has 0 saturated carbocycles. The van der Waals surface area contributed by atoms with E-state index in [1.165, 1.54) is 11.0 Å². The van der Waals surface area contributed by atoms with E-state index >= 15 is 0 Å². The zero-order valence-electron chi connectivity index (χ0n) is 8.71. The van der Waals surface area contributed by atoms with E-state index in [-0.39, 0.29) is 11.8 Å². The van der Waals surface area contributed by atoms with Gasteiger partial charge in [0, 0.05) is 16.5 Å². The fraction of sp³-hybridized carbons (Fsp3) is 0.0909. The highest BCUT2D eigenvalue weighted by Crippen LogP contribution is 2.23. The lowest BCUT2D eigenvalue weighted by molar-refractivity contribution is 0.453. The smallest absolute Gasteiger partial charge is 0.223 e. The summed E-state index contributed by atoms with van der Waals surface area (Å²) in [7, 11) is 0. The van der Waals surface area contributed by atoms with Crippen LogP contribution in [0, 0.1) is 0 Å². The number of nitrogens with two attached hydrogens (primary N) is 1. The second-order valence-electron chi connectivity index (χ2n) is 3.20. The summed E-state index contributed by atoms with van der Waals surface area (Å²) in [5, 5.41) is 9.32. The molecule has 5 heteroatoms. The molecule has 3 N–H and O–H groups in total. The third-order valence-corrected chi connectivity index (χ3v) is 2.86. The summed E-state index contributed by atoms with van der Waals surface area (Å²) in [6.45, 7) is 0. The number of thioether (sulfide) groups is 1. The van der Waals surface area contributed by atoms with Crippen LogP contribution in [-0.2, 0) is 0 Å². The van der Waals surface area contributed by atoms with Crippen molar-refractivity contribution in [2.45, 2.75) is 4.90 Å². The van der Waals surface area contributed by atoms with E-state index in [9.17, 15) is 5.11 Å². The van der Waals surface area contributed by atoms with Gasteiger partial charge in [0.2, 0.25) is 11.8 Å². The molecule has 0 unspecified atom stereocenters. The molecule has 16 heavy (non-hydrogen) atoms. The van der Waals surface area contributed by atoms with Crippen LogP contribution in [0.4, 0.5) is 5.95 Å². The quantitative estimate of drug-likeness (QED) is 0.778. The van der Waals surface area contributed by atoms with Gasteiger partial charge in [0.15, 0.2) is 0 Å². The monoisotopic (exact) mass is 233 g/mol. The van der Waals surface area contributed by atoms with Crippen molar-refractivity contribution < 1.29 is 5.11 Å². The Morgan fingerprint density at radius 2 is 1.88 bits per heavy atom. The van der Waals surface area contributed by atoms with E-state index in [0.717, 1.165) is 5.56 Å². The van der Waals surface area contributed by atoms with Crippen molar-refractivity contribution in [2.75, 3.05) is 12.0 Å². The van der Waals surface area contributed by atoms with Crippen LogP contribution in [-0.4, -0.2) is 21.3 Å². The van der Waals surface area contributed by atoms with Crippen LogP contribution in [0.1, 0.15) is 0 Å². The zero-order chi connectivity index (χ0) is 11.5. The summed E-state index contributed by atoms with van der Waals surface area (Å²) < 4.78 is 0. The Bertz CT molecular complexity index is 479. The Morgan fingerprint density at radius 3 is 2.44 bits per heavy atom. The molecule has 2 rings (SSSR count). The number of anilines is 1. The van der Waals surface area contributed by atoms with Gasteiger partial charge in [-0.2, -0.15) is 4.98 Å². The van der Waals surface area contributed by atoms with Gasteiger partial charge in [0.05, 0.1) is 5.69 Å². The first-order valence-electron chi connectivity index (χ1n) is 4.67. The van der Waals surface area contributed by atoms with Gasteiger partial charge >= 0.3 is 0 Å². The fourth-order valence-corrected chi connectivity index (χ4v) is 1.77. The molecule has 82 valence electrons. The van der Waals surface area contributed by atoms with Crippen molar-refractivity contribution in [1.82, 2.24) is 9.97 Å². The summed E-state index contributed by atoms with van der Waals surface area (Å²) in [6, 6.07) is 9.36. The highest BCUT2D eigenvalue weighted by molar-refractivity contribution is 7.98. The summed E-state index contributed by atoms with van der Waals surface area (Å²) >= 11 is 1.67. The summed E-state index contributed by atoms with van der Waals surface area (Å²) in [5.74, 6) is -0.0413. The number of hydrogen-bond acceptors (Lipinski definition) is 5. The van der Waals surface area contributed by atoms with E-state index in [4.69, 9.17) is 5.73 Å². The minimum atomic E-state index is -0.114. The molecule has 0 aliphatic rings. The van der Waals surface area contributed by atoms with E-state index < -0.39 is 0 Å². The van der Waals surface area contributed by atoms with Gasteiger partial charge in [0.1, 0.15) is 0 Å². The number of aromatic nitrogens is 2. The SMILES string of the molecule is CSc1ccc(-c2cc(O)nc(N)n2)cc1. The Hall–Kier alpha value is -1.75. The minimum Gasteiger partial charge on any atom is -0.493 e. The Kier molecular flexibility index (Phi) is 2.96. The van der Waals surface area contributed by atoms with Crippen LogP contribution in [0.5, 0.6) is 5.88 Å². The molecular weight excluding hydrogens is 222 g/mol. The molecule has 1 aromatic carbocycles.